The second kappa shape index (κ2) is 7.45. The Morgan fingerprint density at radius 2 is 1.70 bits per heavy atom. The number of nitrogens with two attached hydrogens (primary N) is 1. The van der Waals surface area contributed by atoms with Crippen LogP contribution in [0.5, 0.6) is 0 Å². The first-order valence-corrected chi connectivity index (χ1v) is 8.86. The van der Waals surface area contributed by atoms with Gasteiger partial charge < -0.3 is 5.73 Å². The zero-order chi connectivity index (χ0) is 16.1. The highest BCUT2D eigenvalue weighted by Crippen LogP contribution is 2.24. The number of hydrogen-bond donors (Lipinski definition) is 1. The fourth-order valence-electron chi connectivity index (χ4n) is 3.20. The van der Waals surface area contributed by atoms with Crippen molar-refractivity contribution in [3.63, 3.8) is 0 Å². The summed E-state index contributed by atoms with van der Waals surface area (Å²) in [6.07, 6.45) is 9.22. The topological polar surface area (TPSA) is 38.9 Å². The van der Waals surface area contributed by atoms with Crippen molar-refractivity contribution in [3.05, 3.63) is 48.0 Å². The highest BCUT2D eigenvalue weighted by atomic mass is 14.7. The summed E-state index contributed by atoms with van der Waals surface area (Å²) in [5.41, 5.74) is 10.1. The lowest BCUT2D eigenvalue weighted by atomic mass is 10.0. The summed E-state index contributed by atoms with van der Waals surface area (Å²) in [6, 6.07) is 14.8. The molecule has 0 atom stereocenters. The van der Waals surface area contributed by atoms with Crippen LogP contribution in [-0.2, 0) is 6.42 Å². The lowest BCUT2D eigenvalue weighted by Gasteiger charge is -2.07. The molecule has 0 aliphatic heterocycles. The van der Waals surface area contributed by atoms with Crippen molar-refractivity contribution in [2.24, 2.45) is 0 Å². The van der Waals surface area contributed by atoms with Gasteiger partial charge in [0.2, 0.25) is 0 Å². The lowest BCUT2D eigenvalue weighted by molar-refractivity contribution is 0.607. The molecule has 0 radical (unpaired) electrons. The van der Waals surface area contributed by atoms with Crippen LogP contribution in [0.25, 0.3) is 21.8 Å². The molecule has 0 saturated heterocycles. The van der Waals surface area contributed by atoms with Crippen molar-refractivity contribution >= 4 is 27.5 Å². The molecule has 0 amide bonds. The van der Waals surface area contributed by atoms with Crippen LogP contribution in [0.2, 0.25) is 0 Å². The number of pyridine rings is 1. The van der Waals surface area contributed by atoms with E-state index < -0.39 is 0 Å². The predicted octanol–water partition coefficient (Wildman–Crippen LogP) is 5.87. The van der Waals surface area contributed by atoms with Crippen molar-refractivity contribution < 1.29 is 0 Å². The third-order valence-corrected chi connectivity index (χ3v) is 4.55. The van der Waals surface area contributed by atoms with E-state index in [-0.39, 0.29) is 0 Å². The van der Waals surface area contributed by atoms with Crippen molar-refractivity contribution in [2.45, 2.75) is 51.9 Å². The number of anilines is 1. The summed E-state index contributed by atoms with van der Waals surface area (Å²) in [5, 5.41) is 2.33. The van der Waals surface area contributed by atoms with Crippen LogP contribution in [0.4, 0.5) is 5.69 Å². The van der Waals surface area contributed by atoms with E-state index in [0.29, 0.717) is 0 Å². The Bertz CT molecular complexity index is 792. The minimum atomic E-state index is 0.751. The number of aryl methyl sites for hydroxylation is 1. The molecule has 120 valence electrons. The molecule has 23 heavy (non-hydrogen) atoms. The number of para-hydroxylation sites is 1. The van der Waals surface area contributed by atoms with E-state index in [0.717, 1.165) is 28.5 Å². The van der Waals surface area contributed by atoms with Crippen molar-refractivity contribution in [2.75, 3.05) is 5.73 Å². The molecule has 2 heteroatoms. The average molecular weight is 306 g/mol. The SMILES string of the molecule is CCCCCCCCc1ccc2nc3c(N)cccc3cc2c1. The molecular weight excluding hydrogens is 280 g/mol. The van der Waals surface area contributed by atoms with Crippen LogP contribution >= 0.6 is 0 Å². The number of rotatable bonds is 7. The molecule has 1 aromatic heterocycles. The van der Waals surface area contributed by atoms with Crippen molar-refractivity contribution in [3.8, 4) is 0 Å². The zero-order valence-corrected chi connectivity index (χ0v) is 14.0. The number of unbranched alkanes of at least 4 members (excludes halogenated alkanes) is 5. The highest BCUT2D eigenvalue weighted by Gasteiger charge is 2.04. The normalized spacial score (nSPS) is 11.3. The molecular formula is C21H26N2. The zero-order valence-electron chi connectivity index (χ0n) is 14.0. The molecule has 0 aliphatic rings. The molecule has 2 aromatic carbocycles. The maximum absolute atomic E-state index is 6.03. The molecule has 0 unspecified atom stereocenters. The van der Waals surface area contributed by atoms with Gasteiger partial charge >= 0.3 is 0 Å². The Labute approximate surface area is 138 Å². The van der Waals surface area contributed by atoms with Gasteiger partial charge in [0.25, 0.3) is 0 Å². The van der Waals surface area contributed by atoms with E-state index in [1.54, 1.807) is 0 Å². The van der Waals surface area contributed by atoms with Gasteiger partial charge in [-0.2, -0.15) is 0 Å². The number of nitrogens with zero attached hydrogens (tertiary/aromatic N) is 1. The first kappa shape index (κ1) is 15.8. The van der Waals surface area contributed by atoms with Crippen molar-refractivity contribution in [1.29, 1.82) is 0 Å². The Balaban J connectivity index is 1.72. The van der Waals surface area contributed by atoms with Crippen LogP contribution in [0.3, 0.4) is 0 Å². The van der Waals surface area contributed by atoms with Crippen LogP contribution in [-0.4, -0.2) is 4.98 Å². The minimum absolute atomic E-state index is 0.751. The monoisotopic (exact) mass is 306 g/mol. The molecule has 0 fully saturated rings. The maximum Gasteiger partial charge on any atom is 0.0938 e. The summed E-state index contributed by atoms with van der Waals surface area (Å²) >= 11 is 0. The molecule has 3 rings (SSSR count). The Hall–Kier alpha value is -2.09. The van der Waals surface area contributed by atoms with E-state index in [4.69, 9.17) is 10.7 Å². The van der Waals surface area contributed by atoms with Crippen LogP contribution in [0.15, 0.2) is 42.5 Å². The number of fused-ring (bicyclic) bond motifs is 2. The lowest BCUT2D eigenvalue weighted by Crippen LogP contribution is -1.91. The molecule has 0 saturated carbocycles. The molecule has 0 aliphatic carbocycles. The van der Waals surface area contributed by atoms with Gasteiger partial charge in [-0.15, -0.1) is 0 Å². The van der Waals surface area contributed by atoms with Crippen LogP contribution in [0.1, 0.15) is 51.0 Å². The smallest absolute Gasteiger partial charge is 0.0938 e. The number of benzene rings is 2. The standard InChI is InChI=1S/C21H26N2/c1-2-3-4-5-6-7-9-16-12-13-20-18(14-16)15-17-10-8-11-19(22)21(17)23-20/h8,10-15H,2-7,9,22H2,1H3. The fraction of sp³-hybridized carbons (Fsp3) is 0.381. The summed E-state index contributed by atoms with van der Waals surface area (Å²) in [7, 11) is 0. The van der Waals surface area contributed by atoms with Gasteiger partial charge in [-0.25, -0.2) is 4.98 Å². The van der Waals surface area contributed by atoms with E-state index in [1.807, 2.05) is 12.1 Å². The minimum Gasteiger partial charge on any atom is -0.397 e. The number of aromatic nitrogens is 1. The van der Waals surface area contributed by atoms with Gasteiger partial charge in [0.05, 0.1) is 16.7 Å². The first-order valence-electron chi connectivity index (χ1n) is 8.86. The van der Waals surface area contributed by atoms with E-state index in [9.17, 15) is 0 Å². The van der Waals surface area contributed by atoms with E-state index in [1.165, 1.54) is 49.5 Å². The van der Waals surface area contributed by atoms with E-state index in [2.05, 4.69) is 37.3 Å². The fourth-order valence-corrected chi connectivity index (χ4v) is 3.20. The quantitative estimate of drug-likeness (QED) is 0.336. The summed E-state index contributed by atoms with van der Waals surface area (Å²) in [5.74, 6) is 0. The Morgan fingerprint density at radius 3 is 2.57 bits per heavy atom. The summed E-state index contributed by atoms with van der Waals surface area (Å²) in [4.78, 5) is 4.72. The molecule has 0 spiro atoms. The highest BCUT2D eigenvalue weighted by molar-refractivity contribution is 5.97. The van der Waals surface area contributed by atoms with Crippen molar-refractivity contribution in [1.82, 2.24) is 4.98 Å². The number of nitrogen functional groups attached to an aromatic ring is 1. The average Bonchev–Trinajstić information content (AvgIpc) is 2.57. The summed E-state index contributed by atoms with van der Waals surface area (Å²) < 4.78 is 0. The Morgan fingerprint density at radius 1 is 0.870 bits per heavy atom. The Kier molecular flexibility index (Phi) is 5.12. The van der Waals surface area contributed by atoms with Gasteiger partial charge in [0.1, 0.15) is 0 Å². The largest absolute Gasteiger partial charge is 0.397 e. The third-order valence-electron chi connectivity index (χ3n) is 4.55. The van der Waals surface area contributed by atoms with Crippen LogP contribution < -0.4 is 5.73 Å². The second-order valence-electron chi connectivity index (χ2n) is 6.45. The van der Waals surface area contributed by atoms with Crippen LogP contribution in [0, 0.1) is 0 Å². The maximum atomic E-state index is 6.03. The molecule has 2 nitrogen and oxygen atoms in total. The molecule has 3 aromatic rings. The van der Waals surface area contributed by atoms with Gasteiger partial charge in [0, 0.05) is 10.8 Å². The molecule has 1 heterocycles. The first-order chi connectivity index (χ1) is 11.3. The van der Waals surface area contributed by atoms with E-state index >= 15 is 0 Å². The number of hydrogen-bond acceptors (Lipinski definition) is 2. The van der Waals surface area contributed by atoms with Gasteiger partial charge in [-0.1, -0.05) is 57.2 Å². The molecule has 0 bridgehead atoms. The predicted molar refractivity (Wildman–Crippen MR) is 101 cm³/mol. The third kappa shape index (κ3) is 3.82. The molecule has 2 N–H and O–H groups in total. The summed E-state index contributed by atoms with van der Waals surface area (Å²) in [6.45, 7) is 2.26. The van der Waals surface area contributed by atoms with Gasteiger partial charge in [-0.05, 0) is 42.7 Å². The van der Waals surface area contributed by atoms with Gasteiger partial charge in [-0.3, -0.25) is 0 Å². The second-order valence-corrected chi connectivity index (χ2v) is 6.45. The van der Waals surface area contributed by atoms with Gasteiger partial charge in [0.15, 0.2) is 0 Å².